The highest BCUT2D eigenvalue weighted by Gasteiger charge is 2.22. The normalized spacial score (nSPS) is 13.7. The highest BCUT2D eigenvalue weighted by Crippen LogP contribution is 2.39. The topological polar surface area (TPSA) is 70.7 Å². The highest BCUT2D eigenvalue weighted by atomic mass is 32.1. The minimum absolute atomic E-state index is 0.0288. The van der Waals surface area contributed by atoms with Gasteiger partial charge >= 0.3 is 0 Å². The first-order valence-electron chi connectivity index (χ1n) is 11.2. The minimum atomic E-state index is -0.103. The lowest BCUT2D eigenvalue weighted by molar-refractivity contribution is -0.118. The number of anilines is 2. The summed E-state index contributed by atoms with van der Waals surface area (Å²) in [6.07, 6.45) is 0. The van der Waals surface area contributed by atoms with Crippen LogP contribution in [0.2, 0.25) is 0 Å². The second-order valence-electron chi connectivity index (χ2n) is 8.32. The number of carbonyl (C=O) groups is 2. The van der Waals surface area contributed by atoms with E-state index in [1.165, 1.54) is 11.3 Å². The summed E-state index contributed by atoms with van der Waals surface area (Å²) in [5.41, 5.74) is 3.84. The summed E-state index contributed by atoms with van der Waals surface area (Å²) < 4.78 is 5.51. The summed E-state index contributed by atoms with van der Waals surface area (Å²) in [5.74, 6) is -0.223. The molecule has 4 rings (SSSR count). The van der Waals surface area contributed by atoms with Gasteiger partial charge in [0, 0.05) is 36.8 Å². The Balaban J connectivity index is 1.49. The van der Waals surface area contributed by atoms with E-state index in [4.69, 9.17) is 4.74 Å². The molecule has 6 nitrogen and oxygen atoms in total. The molecular weight excluding hydrogens is 434 g/mol. The number of rotatable bonds is 7. The Labute approximate surface area is 198 Å². The molecule has 0 unspecified atom stereocenters. The first-order valence-corrected chi connectivity index (χ1v) is 12.0. The van der Waals surface area contributed by atoms with Gasteiger partial charge in [-0.2, -0.15) is 0 Å². The predicted molar refractivity (Wildman–Crippen MR) is 134 cm³/mol. The molecule has 1 fully saturated rings. The lowest BCUT2D eigenvalue weighted by atomic mass is 10.1. The van der Waals surface area contributed by atoms with Crippen LogP contribution >= 0.6 is 11.3 Å². The number of benzene rings is 2. The van der Waals surface area contributed by atoms with Crippen molar-refractivity contribution in [3.8, 4) is 11.1 Å². The van der Waals surface area contributed by atoms with Crippen LogP contribution in [-0.2, 0) is 16.1 Å². The van der Waals surface area contributed by atoms with Gasteiger partial charge in [0.15, 0.2) is 0 Å². The van der Waals surface area contributed by atoms with Crippen LogP contribution in [0.4, 0.5) is 10.7 Å². The van der Waals surface area contributed by atoms with Gasteiger partial charge in [0.2, 0.25) is 5.91 Å². The molecule has 0 spiro atoms. The van der Waals surface area contributed by atoms with E-state index >= 15 is 0 Å². The van der Waals surface area contributed by atoms with Gasteiger partial charge in [-0.25, -0.2) is 0 Å². The second kappa shape index (κ2) is 10.6. The maximum absolute atomic E-state index is 13.0. The van der Waals surface area contributed by atoms with Crippen molar-refractivity contribution in [3.63, 3.8) is 0 Å². The number of nitrogens with one attached hydrogen (secondary N) is 2. The fourth-order valence-electron chi connectivity index (χ4n) is 3.63. The van der Waals surface area contributed by atoms with E-state index < -0.39 is 0 Å². The fraction of sp³-hybridized carbons (Fsp3) is 0.308. The number of amides is 2. The van der Waals surface area contributed by atoms with Gasteiger partial charge in [-0.3, -0.25) is 9.59 Å². The maximum atomic E-state index is 13.0. The van der Waals surface area contributed by atoms with Crippen LogP contribution in [0.1, 0.15) is 29.1 Å². The summed E-state index contributed by atoms with van der Waals surface area (Å²) >= 11 is 1.52. The van der Waals surface area contributed by atoms with Gasteiger partial charge in [-0.15, -0.1) is 11.3 Å². The summed E-state index contributed by atoms with van der Waals surface area (Å²) in [6, 6.07) is 19.7. The number of hydrogen-bond donors (Lipinski definition) is 2. The highest BCUT2D eigenvalue weighted by molar-refractivity contribution is 7.18. The SMILES string of the molecule is CC(C)C(=O)Nc1cccc(CNC(=O)c2cc(-c3ccccc3)c(N3CCOCC3)s2)c1. The van der Waals surface area contributed by atoms with E-state index in [-0.39, 0.29) is 17.7 Å². The molecule has 33 heavy (non-hydrogen) atoms. The van der Waals surface area contributed by atoms with Gasteiger partial charge in [0.25, 0.3) is 5.91 Å². The molecule has 0 aliphatic carbocycles. The van der Waals surface area contributed by atoms with Crippen LogP contribution in [0, 0.1) is 5.92 Å². The molecule has 2 aromatic carbocycles. The molecular formula is C26H29N3O3S. The Hall–Kier alpha value is -3.16. The predicted octanol–water partition coefficient (Wildman–Crippen LogP) is 4.78. The van der Waals surface area contributed by atoms with Gasteiger partial charge in [0.1, 0.15) is 0 Å². The average molecular weight is 464 g/mol. The van der Waals surface area contributed by atoms with Crippen molar-refractivity contribution < 1.29 is 14.3 Å². The van der Waals surface area contributed by atoms with E-state index in [1.54, 1.807) is 0 Å². The third-order valence-corrected chi connectivity index (χ3v) is 6.69. The third kappa shape index (κ3) is 5.80. The zero-order valence-electron chi connectivity index (χ0n) is 19.0. The van der Waals surface area contributed by atoms with Crippen molar-refractivity contribution in [1.82, 2.24) is 5.32 Å². The van der Waals surface area contributed by atoms with E-state index in [2.05, 4.69) is 27.7 Å². The largest absolute Gasteiger partial charge is 0.378 e. The van der Waals surface area contributed by atoms with E-state index in [0.29, 0.717) is 24.6 Å². The zero-order valence-corrected chi connectivity index (χ0v) is 19.8. The van der Waals surface area contributed by atoms with Gasteiger partial charge in [-0.05, 0) is 29.3 Å². The van der Waals surface area contributed by atoms with Crippen molar-refractivity contribution in [2.24, 2.45) is 5.92 Å². The molecule has 2 amide bonds. The quantitative estimate of drug-likeness (QED) is 0.529. The van der Waals surface area contributed by atoms with E-state index in [1.807, 2.05) is 62.4 Å². The molecule has 0 radical (unpaired) electrons. The zero-order chi connectivity index (χ0) is 23.2. The molecule has 1 aliphatic rings. The first kappa shape index (κ1) is 23.0. The molecule has 2 N–H and O–H groups in total. The molecule has 0 bridgehead atoms. The minimum Gasteiger partial charge on any atom is -0.378 e. The standard InChI is InChI=1S/C26H29N3O3S/c1-18(2)24(30)28-21-10-6-7-19(15-21)17-27-25(31)23-16-22(20-8-4-3-5-9-20)26(33-23)29-11-13-32-14-12-29/h3-10,15-16,18H,11-14,17H2,1-2H3,(H,27,31)(H,28,30). The Morgan fingerprint density at radius 1 is 1.03 bits per heavy atom. The van der Waals surface area contributed by atoms with Gasteiger partial charge in [-0.1, -0.05) is 56.3 Å². The van der Waals surface area contributed by atoms with Crippen LogP contribution in [0.15, 0.2) is 60.7 Å². The van der Waals surface area contributed by atoms with Crippen LogP contribution < -0.4 is 15.5 Å². The Morgan fingerprint density at radius 2 is 1.79 bits per heavy atom. The van der Waals surface area contributed by atoms with Crippen molar-refractivity contribution in [2.45, 2.75) is 20.4 Å². The molecule has 0 saturated carbocycles. The second-order valence-corrected chi connectivity index (χ2v) is 9.35. The summed E-state index contributed by atoms with van der Waals surface area (Å²) in [5, 5.41) is 7.03. The van der Waals surface area contributed by atoms with Crippen LogP contribution in [0.3, 0.4) is 0 Å². The van der Waals surface area contributed by atoms with Gasteiger partial charge < -0.3 is 20.3 Å². The fourth-order valence-corrected chi connectivity index (χ4v) is 4.78. The maximum Gasteiger partial charge on any atom is 0.261 e. The summed E-state index contributed by atoms with van der Waals surface area (Å²) in [4.78, 5) is 28.0. The molecule has 1 saturated heterocycles. The number of morpholine rings is 1. The number of carbonyl (C=O) groups excluding carboxylic acids is 2. The Kier molecular flexibility index (Phi) is 7.42. The van der Waals surface area contributed by atoms with Crippen molar-refractivity contribution in [1.29, 1.82) is 0 Å². The molecule has 1 aromatic heterocycles. The van der Waals surface area contributed by atoms with Crippen molar-refractivity contribution in [3.05, 3.63) is 71.1 Å². The Bertz CT molecular complexity index is 1100. The molecule has 7 heteroatoms. The number of ether oxygens (including phenoxy) is 1. The van der Waals surface area contributed by atoms with Crippen molar-refractivity contribution >= 4 is 33.8 Å². The monoisotopic (exact) mass is 463 g/mol. The smallest absolute Gasteiger partial charge is 0.261 e. The van der Waals surface area contributed by atoms with E-state index in [0.717, 1.165) is 40.5 Å². The number of thiophene rings is 1. The van der Waals surface area contributed by atoms with Crippen molar-refractivity contribution in [2.75, 3.05) is 36.5 Å². The molecule has 3 aromatic rings. The summed E-state index contributed by atoms with van der Waals surface area (Å²) in [7, 11) is 0. The molecule has 0 atom stereocenters. The Morgan fingerprint density at radius 3 is 2.52 bits per heavy atom. The number of nitrogens with zero attached hydrogens (tertiary/aromatic N) is 1. The van der Waals surface area contributed by atoms with Crippen LogP contribution in [0.5, 0.6) is 0 Å². The van der Waals surface area contributed by atoms with Crippen LogP contribution in [0.25, 0.3) is 11.1 Å². The third-order valence-electron chi connectivity index (χ3n) is 5.49. The average Bonchev–Trinajstić information content (AvgIpc) is 3.29. The first-order chi connectivity index (χ1) is 16.0. The number of hydrogen-bond acceptors (Lipinski definition) is 5. The van der Waals surface area contributed by atoms with Crippen LogP contribution in [-0.4, -0.2) is 38.1 Å². The van der Waals surface area contributed by atoms with Gasteiger partial charge in [0.05, 0.1) is 23.1 Å². The molecule has 1 aliphatic heterocycles. The lowest BCUT2D eigenvalue weighted by Gasteiger charge is -2.28. The molecule has 172 valence electrons. The lowest BCUT2D eigenvalue weighted by Crippen LogP contribution is -2.35. The summed E-state index contributed by atoms with van der Waals surface area (Å²) in [6.45, 7) is 7.11. The van der Waals surface area contributed by atoms with E-state index in [9.17, 15) is 9.59 Å². The molecule has 2 heterocycles.